The van der Waals surface area contributed by atoms with Gasteiger partial charge >= 0.3 is 5.97 Å². The lowest BCUT2D eigenvalue weighted by Crippen LogP contribution is -2.30. The van der Waals surface area contributed by atoms with Gasteiger partial charge in [-0.05, 0) is 50.8 Å². The molecule has 1 heterocycles. The quantitative estimate of drug-likeness (QED) is 0.530. The van der Waals surface area contributed by atoms with Crippen LogP contribution >= 0.6 is 11.6 Å². The van der Waals surface area contributed by atoms with Crippen LogP contribution in [0, 0.1) is 0 Å². The van der Waals surface area contributed by atoms with Gasteiger partial charge < -0.3 is 9.15 Å². The highest BCUT2D eigenvalue weighted by molar-refractivity contribution is 6.31. The van der Waals surface area contributed by atoms with Gasteiger partial charge in [0, 0.05) is 15.8 Å². The van der Waals surface area contributed by atoms with Crippen LogP contribution in [0.5, 0.6) is 0 Å². The number of rotatable bonds is 4. The first kappa shape index (κ1) is 15.8. The van der Waals surface area contributed by atoms with Crippen molar-refractivity contribution in [3.8, 4) is 0 Å². The van der Waals surface area contributed by atoms with E-state index in [1.165, 1.54) is 0 Å². The van der Waals surface area contributed by atoms with Crippen molar-refractivity contribution in [2.24, 2.45) is 0 Å². The molecule has 0 radical (unpaired) electrons. The molecular weight excluding hydrogens is 314 g/mol. The summed E-state index contributed by atoms with van der Waals surface area (Å²) in [4.78, 5) is 13.8. The van der Waals surface area contributed by atoms with Gasteiger partial charge in [-0.25, -0.2) is 0 Å². The Morgan fingerprint density at radius 2 is 1.96 bits per heavy atom. The topological polar surface area (TPSA) is 42.7 Å². The Hall–Kier alpha value is -2.04. The maximum atomic E-state index is 12.0. The number of esters is 1. The van der Waals surface area contributed by atoms with Gasteiger partial charge in [-0.3, -0.25) is 9.69 Å². The molecule has 0 saturated heterocycles. The Kier molecular flexibility index (Phi) is 4.28. The number of fused-ring (bicyclic) bond motifs is 3. The normalized spacial score (nSPS) is 12.9. The zero-order chi connectivity index (χ0) is 16.6. The number of halogens is 1. The molecule has 0 saturated carbocycles. The molecule has 0 aliphatic carbocycles. The monoisotopic (exact) mass is 331 g/mol. The maximum Gasteiger partial charge on any atom is 0.311 e. The fourth-order valence-electron chi connectivity index (χ4n) is 2.41. The fraction of sp³-hybridized carbons (Fsp3) is 0.278. The van der Waals surface area contributed by atoms with Gasteiger partial charge in [-0.15, -0.1) is 0 Å². The van der Waals surface area contributed by atoms with Gasteiger partial charge in [0.2, 0.25) is 0 Å². The highest BCUT2D eigenvalue weighted by atomic mass is 35.5. The smallest absolute Gasteiger partial charge is 0.311 e. The molecule has 0 spiro atoms. The van der Waals surface area contributed by atoms with Crippen LogP contribution in [-0.4, -0.2) is 31.2 Å². The van der Waals surface area contributed by atoms with Crippen molar-refractivity contribution in [3.63, 3.8) is 0 Å². The summed E-state index contributed by atoms with van der Waals surface area (Å²) >= 11 is 6.04. The Labute approximate surface area is 139 Å². The Morgan fingerprint density at radius 1 is 1.17 bits per heavy atom. The molecule has 0 N–H and O–H groups in total. The van der Waals surface area contributed by atoms with Crippen molar-refractivity contribution >= 4 is 39.5 Å². The first-order valence-electron chi connectivity index (χ1n) is 7.40. The third-order valence-corrected chi connectivity index (χ3v) is 4.11. The molecule has 2 aromatic carbocycles. The summed E-state index contributed by atoms with van der Waals surface area (Å²) in [6, 6.07) is 11.3. The fourth-order valence-corrected chi connectivity index (χ4v) is 2.58. The average Bonchev–Trinajstić information content (AvgIpc) is 2.83. The highest BCUT2D eigenvalue weighted by Crippen LogP contribution is 2.31. The van der Waals surface area contributed by atoms with E-state index in [2.05, 4.69) is 0 Å². The molecule has 0 aliphatic rings. The maximum absolute atomic E-state index is 12.0. The molecule has 1 unspecified atom stereocenters. The molecule has 120 valence electrons. The van der Waals surface area contributed by atoms with Crippen molar-refractivity contribution in [2.45, 2.75) is 19.6 Å². The van der Waals surface area contributed by atoms with Crippen LogP contribution in [-0.2, 0) is 16.0 Å². The molecular formula is C18H18ClNO3. The minimum Gasteiger partial charge on any atom is -0.456 e. The van der Waals surface area contributed by atoms with E-state index in [9.17, 15) is 4.79 Å². The van der Waals surface area contributed by atoms with Gasteiger partial charge in [-0.2, -0.15) is 0 Å². The van der Waals surface area contributed by atoms with Crippen LogP contribution in [0.25, 0.3) is 21.9 Å². The predicted octanol–water partition coefficient (Wildman–Crippen LogP) is 4.23. The standard InChI is InChI=1S/C18H18ClNO3/c1-11(20(2)3)22-18(21)9-12-4-6-14-15-10-13(19)5-7-16(15)23-17(14)8-12/h4-8,10-11H,9H2,1-3H3. The number of carbonyl (C=O) groups excluding carboxylic acids is 1. The van der Waals surface area contributed by atoms with E-state index in [1.54, 1.807) is 6.07 Å². The lowest BCUT2D eigenvalue weighted by Gasteiger charge is -2.19. The Morgan fingerprint density at radius 3 is 2.70 bits per heavy atom. The van der Waals surface area contributed by atoms with Crippen LogP contribution in [0.15, 0.2) is 40.8 Å². The molecule has 23 heavy (non-hydrogen) atoms. The van der Waals surface area contributed by atoms with Crippen molar-refractivity contribution < 1.29 is 13.9 Å². The lowest BCUT2D eigenvalue weighted by molar-refractivity contribution is -0.154. The van der Waals surface area contributed by atoms with Crippen LogP contribution in [0.2, 0.25) is 5.02 Å². The summed E-state index contributed by atoms with van der Waals surface area (Å²) in [5, 5.41) is 2.63. The van der Waals surface area contributed by atoms with Gasteiger partial charge in [0.25, 0.3) is 0 Å². The van der Waals surface area contributed by atoms with E-state index in [1.807, 2.05) is 56.3 Å². The van der Waals surface area contributed by atoms with E-state index in [4.69, 9.17) is 20.8 Å². The lowest BCUT2D eigenvalue weighted by atomic mass is 10.1. The highest BCUT2D eigenvalue weighted by Gasteiger charge is 2.13. The number of ether oxygens (including phenoxy) is 1. The molecule has 0 aliphatic heterocycles. The third-order valence-electron chi connectivity index (χ3n) is 3.88. The van der Waals surface area contributed by atoms with Crippen molar-refractivity contribution in [1.82, 2.24) is 4.90 Å². The van der Waals surface area contributed by atoms with Crippen molar-refractivity contribution in [2.75, 3.05) is 14.1 Å². The summed E-state index contributed by atoms with van der Waals surface area (Å²) in [7, 11) is 3.73. The zero-order valence-corrected chi connectivity index (χ0v) is 14.1. The Bertz CT molecular complexity index is 869. The molecule has 1 atom stereocenters. The third kappa shape index (κ3) is 3.33. The number of nitrogens with zero attached hydrogens (tertiary/aromatic N) is 1. The van der Waals surface area contributed by atoms with E-state index in [0.29, 0.717) is 5.02 Å². The molecule has 0 fully saturated rings. The van der Waals surface area contributed by atoms with Gasteiger partial charge in [0.15, 0.2) is 6.23 Å². The molecule has 3 aromatic rings. The van der Waals surface area contributed by atoms with Crippen molar-refractivity contribution in [1.29, 1.82) is 0 Å². The van der Waals surface area contributed by atoms with E-state index in [-0.39, 0.29) is 18.6 Å². The van der Waals surface area contributed by atoms with Gasteiger partial charge in [-0.1, -0.05) is 23.7 Å². The summed E-state index contributed by atoms with van der Waals surface area (Å²) in [6.07, 6.45) is -0.0362. The second-order valence-electron chi connectivity index (χ2n) is 5.80. The molecule has 4 nitrogen and oxygen atoms in total. The SMILES string of the molecule is CC(OC(=O)Cc1ccc2c(c1)oc1ccc(Cl)cc12)N(C)C. The van der Waals surface area contributed by atoms with Crippen molar-refractivity contribution in [3.05, 3.63) is 47.0 Å². The average molecular weight is 332 g/mol. The second kappa shape index (κ2) is 6.22. The van der Waals surface area contributed by atoms with Crippen LogP contribution in [0.4, 0.5) is 0 Å². The summed E-state index contributed by atoms with van der Waals surface area (Å²) in [5.41, 5.74) is 2.39. The van der Waals surface area contributed by atoms with E-state index < -0.39 is 0 Å². The molecule has 0 bridgehead atoms. The van der Waals surface area contributed by atoms with Gasteiger partial charge in [0.1, 0.15) is 11.2 Å². The number of furan rings is 1. The molecule has 3 rings (SSSR count). The molecule has 5 heteroatoms. The minimum absolute atomic E-state index is 0.214. The minimum atomic E-state index is -0.260. The Balaban J connectivity index is 1.86. The first-order valence-corrected chi connectivity index (χ1v) is 7.78. The number of hydrogen-bond acceptors (Lipinski definition) is 4. The van der Waals surface area contributed by atoms with E-state index in [0.717, 1.165) is 27.5 Å². The van der Waals surface area contributed by atoms with E-state index >= 15 is 0 Å². The van der Waals surface area contributed by atoms with Crippen LogP contribution in [0.3, 0.4) is 0 Å². The molecule has 0 amide bonds. The summed E-state index contributed by atoms with van der Waals surface area (Å²) in [6.45, 7) is 1.84. The predicted molar refractivity (Wildman–Crippen MR) is 91.7 cm³/mol. The number of carbonyl (C=O) groups is 1. The largest absolute Gasteiger partial charge is 0.456 e. The second-order valence-corrected chi connectivity index (χ2v) is 6.24. The van der Waals surface area contributed by atoms with Crippen LogP contribution < -0.4 is 0 Å². The summed E-state index contributed by atoms with van der Waals surface area (Å²) in [5.74, 6) is -0.260. The zero-order valence-electron chi connectivity index (χ0n) is 13.3. The summed E-state index contributed by atoms with van der Waals surface area (Å²) < 4.78 is 11.2. The van der Waals surface area contributed by atoms with Gasteiger partial charge in [0.05, 0.1) is 6.42 Å². The van der Waals surface area contributed by atoms with Crippen LogP contribution in [0.1, 0.15) is 12.5 Å². The first-order chi connectivity index (χ1) is 10.9. The number of hydrogen-bond donors (Lipinski definition) is 0. The molecule has 1 aromatic heterocycles. The number of benzene rings is 2.